The fourth-order valence-corrected chi connectivity index (χ4v) is 4.91. The minimum atomic E-state index is -1.60. The lowest BCUT2D eigenvalue weighted by Gasteiger charge is -2.39. The second-order valence-corrected chi connectivity index (χ2v) is 17.7. The summed E-state index contributed by atoms with van der Waals surface area (Å²) in [6, 6.07) is 0. The third-order valence-electron chi connectivity index (χ3n) is 4.00. The monoisotopic (exact) mass is 358 g/mol. The third kappa shape index (κ3) is 5.92. The van der Waals surface area contributed by atoms with Crippen LogP contribution in [0.4, 0.5) is 0 Å². The first-order chi connectivity index (χ1) is 10.5. The first-order valence-corrected chi connectivity index (χ1v) is 15.7. The quantitative estimate of drug-likeness (QED) is 0.581. The summed E-state index contributed by atoms with van der Waals surface area (Å²) in [7, 11) is -3.16. The molecule has 0 aromatic rings. The van der Waals surface area contributed by atoms with E-state index in [0.717, 1.165) is 50.4 Å². The molecule has 1 atom stereocenters. The molecule has 2 rings (SSSR count). The van der Waals surface area contributed by atoms with Gasteiger partial charge >= 0.3 is 0 Å². The Morgan fingerprint density at radius 2 is 1.57 bits per heavy atom. The highest BCUT2D eigenvalue weighted by atomic mass is 28.4. The zero-order valence-electron chi connectivity index (χ0n) is 16.0. The van der Waals surface area contributed by atoms with Crippen molar-refractivity contribution in [3.8, 4) is 0 Å². The van der Waals surface area contributed by atoms with E-state index in [4.69, 9.17) is 18.3 Å². The first kappa shape index (κ1) is 19.0. The molecule has 0 radical (unpaired) electrons. The molecule has 6 heteroatoms. The van der Waals surface area contributed by atoms with Gasteiger partial charge in [-0.15, -0.1) is 0 Å². The van der Waals surface area contributed by atoms with Gasteiger partial charge in [0.05, 0.1) is 13.2 Å². The zero-order chi connectivity index (χ0) is 17.3. The molecule has 1 unspecified atom stereocenters. The van der Waals surface area contributed by atoms with Gasteiger partial charge in [-0.05, 0) is 59.0 Å². The molecule has 0 saturated carbocycles. The number of hydrogen-bond acceptors (Lipinski definition) is 4. The summed E-state index contributed by atoms with van der Waals surface area (Å²) in [5, 5.41) is 0. The van der Waals surface area contributed by atoms with Gasteiger partial charge in [-0.1, -0.05) is 0 Å². The van der Waals surface area contributed by atoms with Crippen molar-refractivity contribution >= 4 is 16.6 Å². The Morgan fingerprint density at radius 1 is 1.00 bits per heavy atom. The van der Waals surface area contributed by atoms with Crippen LogP contribution < -0.4 is 0 Å². The fraction of sp³-hybridized carbons (Fsp3) is 0.882. The van der Waals surface area contributed by atoms with Gasteiger partial charge in [0.2, 0.25) is 16.6 Å². The van der Waals surface area contributed by atoms with Crippen molar-refractivity contribution in [2.24, 2.45) is 5.92 Å². The molecule has 1 aliphatic heterocycles. The number of allylic oxidation sites excluding steroid dienone is 2. The van der Waals surface area contributed by atoms with E-state index in [0.29, 0.717) is 5.92 Å². The zero-order valence-corrected chi connectivity index (χ0v) is 18.0. The summed E-state index contributed by atoms with van der Waals surface area (Å²) < 4.78 is 24.0. The first-order valence-electron chi connectivity index (χ1n) is 8.86. The smallest absolute Gasteiger partial charge is 0.241 e. The largest absolute Gasteiger partial charge is 0.545 e. The van der Waals surface area contributed by atoms with E-state index in [9.17, 15) is 0 Å². The normalized spacial score (nSPS) is 24.6. The number of ether oxygens (including phenoxy) is 2. The van der Waals surface area contributed by atoms with E-state index in [2.05, 4.69) is 46.2 Å². The van der Waals surface area contributed by atoms with Crippen molar-refractivity contribution in [3.63, 3.8) is 0 Å². The molecule has 1 fully saturated rings. The molecule has 0 amide bonds. The van der Waals surface area contributed by atoms with Crippen molar-refractivity contribution in [1.29, 1.82) is 0 Å². The molecule has 4 nitrogen and oxygen atoms in total. The highest BCUT2D eigenvalue weighted by Crippen LogP contribution is 2.42. The fourth-order valence-electron chi connectivity index (χ4n) is 3.05. The van der Waals surface area contributed by atoms with Crippen molar-refractivity contribution in [3.05, 3.63) is 11.5 Å². The van der Waals surface area contributed by atoms with Gasteiger partial charge in [0, 0.05) is 18.8 Å². The van der Waals surface area contributed by atoms with Crippen LogP contribution in [0.5, 0.6) is 0 Å². The summed E-state index contributed by atoms with van der Waals surface area (Å²) >= 11 is 0. The van der Waals surface area contributed by atoms with Gasteiger partial charge in [-0.2, -0.15) is 0 Å². The molecular formula is C17H34O4Si2. The van der Waals surface area contributed by atoms with Crippen LogP contribution in [0.1, 0.15) is 32.6 Å². The third-order valence-corrected chi connectivity index (χ3v) is 5.70. The molecule has 1 heterocycles. The average molecular weight is 359 g/mol. The summed E-state index contributed by atoms with van der Waals surface area (Å²) in [5.41, 5.74) is 0. The van der Waals surface area contributed by atoms with Gasteiger partial charge in [0.1, 0.15) is 11.5 Å². The summed E-state index contributed by atoms with van der Waals surface area (Å²) in [6.07, 6.45) is 4.21. The molecule has 1 saturated heterocycles. The lowest BCUT2D eigenvalue weighted by atomic mass is 9.85. The highest BCUT2D eigenvalue weighted by molar-refractivity contribution is 6.70. The maximum atomic E-state index is 6.35. The lowest BCUT2D eigenvalue weighted by molar-refractivity contribution is -0.148. The van der Waals surface area contributed by atoms with Gasteiger partial charge < -0.3 is 18.3 Å². The van der Waals surface area contributed by atoms with E-state index in [1.165, 1.54) is 0 Å². The SMILES string of the molecule is CC1(CCCC2CC(O[Si](C)(C)C)=C2O[Si](C)(C)C)OCCO1. The van der Waals surface area contributed by atoms with Gasteiger partial charge in [0.25, 0.3) is 0 Å². The number of rotatable bonds is 8. The molecule has 23 heavy (non-hydrogen) atoms. The van der Waals surface area contributed by atoms with E-state index in [-0.39, 0.29) is 5.79 Å². The van der Waals surface area contributed by atoms with Crippen LogP contribution in [0, 0.1) is 5.92 Å². The Labute approximate surface area is 143 Å². The minimum Gasteiger partial charge on any atom is -0.545 e. The Hall–Kier alpha value is -0.306. The molecule has 1 aliphatic carbocycles. The maximum Gasteiger partial charge on any atom is 0.241 e. The molecule has 0 aromatic carbocycles. The second-order valence-electron chi connectivity index (χ2n) is 8.84. The lowest BCUT2D eigenvalue weighted by Crippen LogP contribution is -2.36. The molecule has 0 N–H and O–H groups in total. The Morgan fingerprint density at radius 3 is 2.09 bits per heavy atom. The topological polar surface area (TPSA) is 36.9 Å². The molecule has 0 bridgehead atoms. The van der Waals surface area contributed by atoms with Crippen LogP contribution in [0.25, 0.3) is 0 Å². The van der Waals surface area contributed by atoms with Crippen LogP contribution in [0.15, 0.2) is 11.5 Å². The summed E-state index contributed by atoms with van der Waals surface area (Å²) in [6.45, 7) is 16.9. The van der Waals surface area contributed by atoms with Crippen molar-refractivity contribution in [2.45, 2.75) is 77.7 Å². The standard InChI is InChI=1S/C17H34O4Si2/c1-17(18-11-12-19-17)10-8-9-14-13-15(20-22(2,3)4)16(14)21-23(5,6)7/h14H,8-13H2,1-7H3. The van der Waals surface area contributed by atoms with Crippen molar-refractivity contribution in [1.82, 2.24) is 0 Å². The van der Waals surface area contributed by atoms with Gasteiger partial charge in [-0.3, -0.25) is 0 Å². The Balaban J connectivity index is 1.91. The van der Waals surface area contributed by atoms with Crippen molar-refractivity contribution < 1.29 is 18.3 Å². The summed E-state index contributed by atoms with van der Waals surface area (Å²) in [5.74, 6) is 2.41. The van der Waals surface area contributed by atoms with Crippen LogP contribution in [0.2, 0.25) is 39.3 Å². The Bertz CT molecular complexity index is 442. The van der Waals surface area contributed by atoms with Gasteiger partial charge in [-0.25, -0.2) is 0 Å². The molecule has 2 aliphatic rings. The van der Waals surface area contributed by atoms with E-state index in [1.807, 2.05) is 0 Å². The van der Waals surface area contributed by atoms with Crippen molar-refractivity contribution in [2.75, 3.05) is 13.2 Å². The molecule has 134 valence electrons. The van der Waals surface area contributed by atoms with E-state index >= 15 is 0 Å². The maximum absolute atomic E-state index is 6.35. The average Bonchev–Trinajstić information content (AvgIpc) is 2.79. The van der Waals surface area contributed by atoms with Crippen LogP contribution in [-0.4, -0.2) is 35.6 Å². The predicted octanol–water partition coefficient (Wildman–Crippen LogP) is 4.85. The highest BCUT2D eigenvalue weighted by Gasteiger charge is 2.38. The van der Waals surface area contributed by atoms with E-state index < -0.39 is 16.6 Å². The molecule has 0 spiro atoms. The number of hydrogen-bond donors (Lipinski definition) is 0. The van der Waals surface area contributed by atoms with Crippen LogP contribution in [0.3, 0.4) is 0 Å². The second kappa shape index (κ2) is 6.90. The minimum absolute atomic E-state index is 0.370. The Kier molecular flexibility index (Phi) is 5.71. The van der Waals surface area contributed by atoms with E-state index in [1.54, 1.807) is 0 Å². The predicted molar refractivity (Wildman–Crippen MR) is 98.2 cm³/mol. The molecular weight excluding hydrogens is 324 g/mol. The van der Waals surface area contributed by atoms with Gasteiger partial charge in [0.15, 0.2) is 5.79 Å². The molecule has 0 aromatic heterocycles. The van der Waals surface area contributed by atoms with Crippen LogP contribution in [-0.2, 0) is 18.3 Å². The van der Waals surface area contributed by atoms with Crippen LogP contribution >= 0.6 is 0 Å². The summed E-state index contributed by atoms with van der Waals surface area (Å²) in [4.78, 5) is 0.